The summed E-state index contributed by atoms with van der Waals surface area (Å²) in [6.45, 7) is 5.96. The van der Waals surface area contributed by atoms with Crippen molar-refractivity contribution in [1.82, 2.24) is 20.5 Å². The number of nitrogens with one attached hydrogen (secondary N) is 2. The minimum atomic E-state index is -0.903. The van der Waals surface area contributed by atoms with Crippen LogP contribution in [0.25, 0.3) is 10.8 Å². The van der Waals surface area contributed by atoms with E-state index in [9.17, 15) is 14.4 Å². The molecule has 10 nitrogen and oxygen atoms in total. The highest BCUT2D eigenvalue weighted by atomic mass is 16.6. The van der Waals surface area contributed by atoms with Crippen LogP contribution >= 0.6 is 0 Å². The van der Waals surface area contributed by atoms with Crippen LogP contribution in [0.1, 0.15) is 38.3 Å². The Hall–Kier alpha value is -4.34. The van der Waals surface area contributed by atoms with E-state index < -0.39 is 23.8 Å². The predicted molar refractivity (Wildman–Crippen MR) is 148 cm³/mol. The molecule has 1 aliphatic heterocycles. The van der Waals surface area contributed by atoms with E-state index in [0.29, 0.717) is 24.5 Å². The maximum absolute atomic E-state index is 13.6. The summed E-state index contributed by atoms with van der Waals surface area (Å²) < 4.78 is 10.6. The number of carbonyl (C=O) groups excluding carboxylic acids is 3. The Bertz CT molecular complexity index is 1350. The molecule has 0 aliphatic carbocycles. The molecule has 3 amide bonds. The first-order chi connectivity index (χ1) is 18.5. The second-order valence-corrected chi connectivity index (χ2v) is 10.6. The number of alkyl carbamates (subject to hydrolysis) is 1. The fourth-order valence-corrected chi connectivity index (χ4v) is 4.43. The SMILES string of the molecule is COc1ccc(CC(NC(=O)OC(C)(C)C)C(=O)N2CCC2C(=O)NCc2ccc3ccnc(N)c3c2)cc1. The lowest BCUT2D eigenvalue weighted by molar-refractivity contribution is -0.149. The first-order valence-corrected chi connectivity index (χ1v) is 12.9. The fraction of sp³-hybridized carbons (Fsp3) is 0.379. The van der Waals surface area contributed by atoms with Crippen LogP contribution in [-0.4, -0.2) is 59.1 Å². The van der Waals surface area contributed by atoms with Crippen LogP contribution in [-0.2, 0) is 27.3 Å². The first kappa shape index (κ1) is 27.7. The van der Waals surface area contributed by atoms with Gasteiger partial charge < -0.3 is 30.7 Å². The van der Waals surface area contributed by atoms with Crippen molar-refractivity contribution >= 4 is 34.5 Å². The van der Waals surface area contributed by atoms with Gasteiger partial charge in [-0.25, -0.2) is 9.78 Å². The highest BCUT2D eigenvalue weighted by Crippen LogP contribution is 2.23. The largest absolute Gasteiger partial charge is 0.497 e. The molecule has 10 heteroatoms. The minimum absolute atomic E-state index is 0.236. The van der Waals surface area contributed by atoms with Crippen molar-refractivity contribution in [3.63, 3.8) is 0 Å². The van der Waals surface area contributed by atoms with Gasteiger partial charge in [0, 0.05) is 31.1 Å². The van der Waals surface area contributed by atoms with Crippen LogP contribution in [0.2, 0.25) is 0 Å². The molecule has 2 aromatic carbocycles. The summed E-state index contributed by atoms with van der Waals surface area (Å²) >= 11 is 0. The number of rotatable bonds is 8. The van der Waals surface area contributed by atoms with Crippen molar-refractivity contribution in [3.8, 4) is 5.75 Å². The van der Waals surface area contributed by atoms with Crippen molar-refractivity contribution < 1.29 is 23.9 Å². The second kappa shape index (κ2) is 11.6. The Kier molecular flexibility index (Phi) is 8.23. The molecule has 39 heavy (non-hydrogen) atoms. The lowest BCUT2D eigenvalue weighted by atomic mass is 9.97. The Morgan fingerprint density at radius 1 is 1.10 bits per heavy atom. The predicted octanol–water partition coefficient (Wildman–Crippen LogP) is 3.18. The second-order valence-electron chi connectivity index (χ2n) is 10.6. The molecule has 1 aliphatic rings. The fourth-order valence-electron chi connectivity index (χ4n) is 4.43. The molecule has 0 radical (unpaired) electrons. The molecule has 1 aromatic heterocycles. The third-order valence-corrected chi connectivity index (χ3v) is 6.52. The monoisotopic (exact) mass is 533 g/mol. The van der Waals surface area contributed by atoms with Crippen molar-refractivity contribution in [3.05, 3.63) is 65.9 Å². The normalized spacial score (nSPS) is 15.7. The van der Waals surface area contributed by atoms with Gasteiger partial charge in [0.05, 0.1) is 7.11 Å². The number of nitrogens with two attached hydrogens (primary N) is 1. The molecule has 0 saturated carbocycles. The van der Waals surface area contributed by atoms with Crippen LogP contribution in [0.5, 0.6) is 5.75 Å². The summed E-state index contributed by atoms with van der Waals surface area (Å²) in [6.07, 6.45) is 1.73. The Morgan fingerprint density at radius 3 is 2.46 bits per heavy atom. The molecule has 2 heterocycles. The zero-order valence-corrected chi connectivity index (χ0v) is 22.7. The van der Waals surface area contributed by atoms with Gasteiger partial charge in [0.2, 0.25) is 11.8 Å². The number of benzene rings is 2. The van der Waals surface area contributed by atoms with E-state index in [1.54, 1.807) is 46.2 Å². The highest BCUT2D eigenvalue weighted by Gasteiger charge is 2.41. The van der Waals surface area contributed by atoms with Gasteiger partial charge in [0.25, 0.3) is 0 Å². The average Bonchev–Trinajstić information content (AvgIpc) is 2.86. The van der Waals surface area contributed by atoms with E-state index in [1.807, 2.05) is 36.4 Å². The molecule has 0 spiro atoms. The van der Waals surface area contributed by atoms with E-state index in [4.69, 9.17) is 15.2 Å². The van der Waals surface area contributed by atoms with Gasteiger partial charge in [-0.1, -0.05) is 24.3 Å². The maximum atomic E-state index is 13.6. The summed E-state index contributed by atoms with van der Waals surface area (Å²) in [5, 5.41) is 7.41. The maximum Gasteiger partial charge on any atom is 0.408 e. The Balaban J connectivity index is 1.43. The van der Waals surface area contributed by atoms with Crippen molar-refractivity contribution in [2.45, 2.75) is 57.8 Å². The number of nitrogen functional groups attached to an aromatic ring is 1. The van der Waals surface area contributed by atoms with Crippen LogP contribution < -0.4 is 21.1 Å². The van der Waals surface area contributed by atoms with Gasteiger partial charge in [-0.05, 0) is 68.0 Å². The van der Waals surface area contributed by atoms with Gasteiger partial charge in [0.15, 0.2) is 0 Å². The number of likely N-dealkylation sites (tertiary alicyclic amines) is 1. The van der Waals surface area contributed by atoms with Crippen molar-refractivity contribution in [2.75, 3.05) is 19.4 Å². The van der Waals surface area contributed by atoms with Gasteiger partial charge in [0.1, 0.15) is 29.3 Å². The van der Waals surface area contributed by atoms with E-state index in [1.165, 1.54) is 4.90 Å². The quantitative estimate of drug-likeness (QED) is 0.405. The summed E-state index contributed by atoms with van der Waals surface area (Å²) in [5.41, 5.74) is 6.97. The third-order valence-electron chi connectivity index (χ3n) is 6.52. The van der Waals surface area contributed by atoms with Crippen LogP contribution in [0.4, 0.5) is 10.6 Å². The van der Waals surface area contributed by atoms with Gasteiger partial charge in [-0.2, -0.15) is 0 Å². The number of amides is 3. The summed E-state index contributed by atoms with van der Waals surface area (Å²) in [5.74, 6) is 0.519. The summed E-state index contributed by atoms with van der Waals surface area (Å²) in [4.78, 5) is 44.8. The number of ether oxygens (including phenoxy) is 2. The van der Waals surface area contributed by atoms with E-state index in [0.717, 1.165) is 21.9 Å². The number of hydrogen-bond donors (Lipinski definition) is 3. The molecule has 2 atom stereocenters. The van der Waals surface area contributed by atoms with E-state index >= 15 is 0 Å². The highest BCUT2D eigenvalue weighted by molar-refractivity contribution is 5.93. The topological polar surface area (TPSA) is 136 Å². The number of hydrogen-bond acceptors (Lipinski definition) is 7. The number of nitrogens with zero attached hydrogens (tertiary/aromatic N) is 2. The minimum Gasteiger partial charge on any atom is -0.497 e. The number of methoxy groups -OCH3 is 1. The first-order valence-electron chi connectivity index (χ1n) is 12.9. The standard InChI is InChI=1S/C29H35N5O5/c1-29(2,3)39-28(37)33-23(16-18-6-9-21(38-4)10-7-18)27(36)34-14-12-24(34)26(35)32-17-19-5-8-20-11-13-31-25(30)22(20)15-19/h5-11,13,15,23-24H,12,14,16-17H2,1-4H3,(H2,30,31)(H,32,35)(H,33,37). The summed E-state index contributed by atoms with van der Waals surface area (Å²) in [6, 6.07) is 13.4. The zero-order chi connectivity index (χ0) is 28.2. The molecule has 4 N–H and O–H groups in total. The molecule has 206 valence electrons. The molecule has 0 bridgehead atoms. The van der Waals surface area contributed by atoms with Gasteiger partial charge in [-0.3, -0.25) is 9.59 Å². The number of fused-ring (bicyclic) bond motifs is 1. The third kappa shape index (κ3) is 6.95. The lowest BCUT2D eigenvalue weighted by Gasteiger charge is -2.41. The molecular weight excluding hydrogens is 498 g/mol. The zero-order valence-electron chi connectivity index (χ0n) is 22.7. The van der Waals surface area contributed by atoms with Crippen LogP contribution in [0.15, 0.2) is 54.7 Å². The molecule has 3 aromatic rings. The Morgan fingerprint density at radius 2 is 1.82 bits per heavy atom. The number of carbonyl (C=O) groups is 3. The number of anilines is 1. The van der Waals surface area contributed by atoms with Crippen molar-refractivity contribution in [1.29, 1.82) is 0 Å². The number of pyridine rings is 1. The molecule has 4 rings (SSSR count). The molecule has 1 fully saturated rings. The Labute approximate surface area is 227 Å². The molecule has 2 unspecified atom stereocenters. The van der Waals surface area contributed by atoms with E-state index in [-0.39, 0.29) is 24.8 Å². The van der Waals surface area contributed by atoms with Crippen LogP contribution in [0.3, 0.4) is 0 Å². The molecular formula is C29H35N5O5. The number of aromatic nitrogens is 1. The molecule has 1 saturated heterocycles. The van der Waals surface area contributed by atoms with Crippen molar-refractivity contribution in [2.24, 2.45) is 0 Å². The van der Waals surface area contributed by atoms with Crippen LogP contribution in [0, 0.1) is 0 Å². The lowest BCUT2D eigenvalue weighted by Crippen LogP contribution is -2.62. The summed E-state index contributed by atoms with van der Waals surface area (Å²) in [7, 11) is 1.58. The smallest absolute Gasteiger partial charge is 0.408 e. The average molecular weight is 534 g/mol. The van der Waals surface area contributed by atoms with E-state index in [2.05, 4.69) is 15.6 Å². The van der Waals surface area contributed by atoms with Gasteiger partial charge in [-0.15, -0.1) is 0 Å². The van der Waals surface area contributed by atoms with Gasteiger partial charge >= 0.3 is 6.09 Å².